The maximum Gasteiger partial charge on any atom is 0.0467 e. The quantitative estimate of drug-likeness (QED) is 0.108. The summed E-state index contributed by atoms with van der Waals surface area (Å²) < 4.78 is 0. The highest BCUT2D eigenvalue weighted by molar-refractivity contribution is 5.91. The molecule has 18 aromatic carbocycles. The first-order valence-electron chi connectivity index (χ1n) is 45.0. The molecule has 624 valence electrons. The van der Waals surface area contributed by atoms with Crippen molar-refractivity contribution in [2.24, 2.45) is 0 Å². The molecule has 4 nitrogen and oxygen atoms in total. The number of hydrogen-bond donors (Lipinski definition) is 0. The Morgan fingerprint density at radius 3 is 0.656 bits per heavy atom. The van der Waals surface area contributed by atoms with Crippen molar-refractivity contribution < 1.29 is 0 Å². The fourth-order valence-corrected chi connectivity index (χ4v) is 20.0. The second-order valence-corrected chi connectivity index (χ2v) is 36.8. The smallest absolute Gasteiger partial charge is 0.0467 e. The summed E-state index contributed by atoms with van der Waals surface area (Å²) in [6, 6.07) is 158. The minimum Gasteiger partial charge on any atom is -0.345 e. The van der Waals surface area contributed by atoms with Crippen LogP contribution in [0.2, 0.25) is 0 Å². The second kappa shape index (κ2) is 34.2. The lowest BCUT2D eigenvalue weighted by Crippen LogP contribution is -2.16. The van der Waals surface area contributed by atoms with Crippen LogP contribution < -0.4 is 19.6 Å². The van der Waals surface area contributed by atoms with Crippen molar-refractivity contribution in [1.82, 2.24) is 0 Å². The Morgan fingerprint density at radius 1 is 0.148 bits per heavy atom. The zero-order chi connectivity index (χ0) is 88.0. The Labute approximate surface area is 757 Å². The van der Waals surface area contributed by atoms with Gasteiger partial charge in [-0.1, -0.05) is 375 Å². The zero-order valence-corrected chi connectivity index (χ0v) is 75.4. The van der Waals surface area contributed by atoms with E-state index in [-0.39, 0.29) is 21.7 Å². The van der Waals surface area contributed by atoms with E-state index >= 15 is 0 Å². The molecule has 128 heavy (non-hydrogen) atoms. The molecule has 0 radical (unpaired) electrons. The predicted octanol–water partition coefficient (Wildman–Crippen LogP) is 34.1. The standard InChI is InChI=1S/3C34H29N.C22H21N/c2*1-24-16-18-25(19-17-24)26-10-9-13-28(22-26)35(27-11-5-4-6-12-27)29-20-21-31-30-14-7-8-15-32(30)34(2,3)33(31)23-29;1-24-13-15-25(16-14-24)26-17-19-28(20-18-26)35(27-9-5-4-6-10-27)29-21-22-31-30-11-7-8-12-32(30)34(2,3)33(31)23-29;1-22(2)20-12-8-7-11-18(20)19-14-13-17(15-21(19)22)23(3)16-9-5-4-6-10-16/h3*4-23H,1-3H3;4-15H,1-3H3. The van der Waals surface area contributed by atoms with Crippen LogP contribution in [0.3, 0.4) is 0 Å². The van der Waals surface area contributed by atoms with Crippen LogP contribution in [0.25, 0.3) is 77.9 Å². The topological polar surface area (TPSA) is 13.0 Å². The summed E-state index contributed by atoms with van der Waals surface area (Å²) in [5.41, 5.74) is 46.1. The van der Waals surface area contributed by atoms with Crippen LogP contribution in [-0.4, -0.2) is 7.05 Å². The van der Waals surface area contributed by atoms with E-state index in [0.717, 1.165) is 34.1 Å². The zero-order valence-electron chi connectivity index (χ0n) is 75.4. The first kappa shape index (κ1) is 82.7. The number of rotatable bonds is 14. The first-order valence-corrected chi connectivity index (χ1v) is 45.0. The average Bonchev–Trinajstić information content (AvgIpc) is 1.60. The third-order valence-electron chi connectivity index (χ3n) is 27.1. The van der Waals surface area contributed by atoms with Crippen molar-refractivity contribution in [3.63, 3.8) is 0 Å². The van der Waals surface area contributed by atoms with Gasteiger partial charge in [0.05, 0.1) is 0 Å². The van der Waals surface area contributed by atoms with E-state index in [4.69, 9.17) is 0 Å². The van der Waals surface area contributed by atoms with Gasteiger partial charge in [-0.3, -0.25) is 0 Å². The summed E-state index contributed by atoms with van der Waals surface area (Å²) in [6.07, 6.45) is 0. The monoisotopic (exact) mass is 1650 g/mol. The van der Waals surface area contributed by atoms with E-state index in [1.807, 2.05) is 0 Å². The van der Waals surface area contributed by atoms with E-state index in [1.54, 1.807) is 0 Å². The van der Waals surface area contributed by atoms with E-state index < -0.39 is 0 Å². The van der Waals surface area contributed by atoms with Crippen LogP contribution >= 0.6 is 0 Å². The molecule has 0 fully saturated rings. The number of anilines is 11. The van der Waals surface area contributed by atoms with Crippen molar-refractivity contribution in [2.75, 3.05) is 26.6 Å². The molecule has 0 aliphatic heterocycles. The highest BCUT2D eigenvalue weighted by atomic mass is 15.2. The fraction of sp³-hybridized carbons (Fsp3) is 0.129. The lowest BCUT2D eigenvalue weighted by molar-refractivity contribution is 0.660. The van der Waals surface area contributed by atoms with Gasteiger partial charge in [-0.15, -0.1) is 0 Å². The van der Waals surface area contributed by atoms with Gasteiger partial charge < -0.3 is 19.6 Å². The van der Waals surface area contributed by atoms with Crippen LogP contribution in [-0.2, 0) is 21.7 Å². The van der Waals surface area contributed by atoms with Crippen molar-refractivity contribution in [1.29, 1.82) is 0 Å². The second-order valence-electron chi connectivity index (χ2n) is 36.8. The van der Waals surface area contributed by atoms with Gasteiger partial charge in [0, 0.05) is 91.3 Å². The molecule has 0 atom stereocenters. The summed E-state index contributed by atoms with van der Waals surface area (Å²) in [4.78, 5) is 9.35. The van der Waals surface area contributed by atoms with Crippen molar-refractivity contribution in [3.8, 4) is 77.9 Å². The average molecular weight is 1650 g/mol. The van der Waals surface area contributed by atoms with Crippen LogP contribution in [0.5, 0.6) is 0 Å². The number of benzene rings is 18. The van der Waals surface area contributed by atoms with Crippen molar-refractivity contribution in [3.05, 3.63) is 498 Å². The normalized spacial score (nSPS) is 13.4. The van der Waals surface area contributed by atoms with Gasteiger partial charge in [-0.05, 0) is 277 Å². The number of fused-ring (bicyclic) bond motifs is 12. The molecule has 22 rings (SSSR count). The van der Waals surface area contributed by atoms with Gasteiger partial charge in [0.2, 0.25) is 0 Å². The summed E-state index contributed by atoms with van der Waals surface area (Å²) in [5, 5.41) is 0. The molecule has 0 aromatic heterocycles. The molecule has 0 saturated carbocycles. The molecule has 0 unspecified atom stereocenters. The van der Waals surface area contributed by atoms with Crippen LogP contribution in [0, 0.1) is 20.8 Å². The molecule has 0 N–H and O–H groups in total. The fourth-order valence-electron chi connectivity index (χ4n) is 20.0. The number of para-hydroxylation sites is 4. The molecule has 0 saturated heterocycles. The molecular weight excluding hydrogens is 1550 g/mol. The molecule has 18 aromatic rings. The number of aryl methyl sites for hydroxylation is 3. The molecule has 0 heterocycles. The number of hydrogen-bond acceptors (Lipinski definition) is 4. The van der Waals surface area contributed by atoms with Gasteiger partial charge in [0.25, 0.3) is 0 Å². The van der Waals surface area contributed by atoms with E-state index in [0.29, 0.717) is 0 Å². The highest BCUT2D eigenvalue weighted by Gasteiger charge is 2.40. The minimum absolute atomic E-state index is 0.0282. The minimum atomic E-state index is -0.0337. The maximum absolute atomic E-state index is 2.39. The SMILES string of the molecule is CN(c1ccccc1)c1ccc2c(c1)C(C)(C)c1ccccc1-2.Cc1ccc(-c2ccc(N(c3ccccc3)c3ccc4c(c3)C(C)(C)c3ccccc3-4)cc2)cc1.Cc1ccc(-c2cccc(N(c3ccccc3)c3ccc4c(c3)C(C)(C)c3ccccc3-4)c2)cc1.Cc1ccc(-c2cccc(N(c3ccccc3)c3ccc4c(c3)C(C)(C)c3ccccc3-4)c2)cc1. The lowest BCUT2D eigenvalue weighted by atomic mass is 9.82. The van der Waals surface area contributed by atoms with Gasteiger partial charge in [0.1, 0.15) is 0 Å². The highest BCUT2D eigenvalue weighted by Crippen LogP contribution is 2.56. The number of nitrogens with zero attached hydrogens (tertiary/aromatic N) is 4. The van der Waals surface area contributed by atoms with E-state index in [2.05, 4.69) is 540 Å². The van der Waals surface area contributed by atoms with Crippen molar-refractivity contribution in [2.45, 2.75) is 97.8 Å². The Morgan fingerprint density at radius 2 is 0.352 bits per heavy atom. The van der Waals surface area contributed by atoms with Gasteiger partial charge >= 0.3 is 0 Å². The van der Waals surface area contributed by atoms with Crippen LogP contribution in [0.4, 0.5) is 62.6 Å². The molecule has 4 aliphatic rings. The Hall–Kier alpha value is -14.8. The predicted molar refractivity (Wildman–Crippen MR) is 545 cm³/mol. The van der Waals surface area contributed by atoms with Gasteiger partial charge in [0.15, 0.2) is 0 Å². The molecule has 4 aliphatic carbocycles. The summed E-state index contributed by atoms with van der Waals surface area (Å²) in [7, 11) is 2.13. The maximum atomic E-state index is 2.39. The largest absolute Gasteiger partial charge is 0.345 e. The Bertz CT molecular complexity index is 6830. The third kappa shape index (κ3) is 15.7. The first-order chi connectivity index (χ1) is 62.1. The summed E-state index contributed by atoms with van der Waals surface area (Å²) >= 11 is 0. The summed E-state index contributed by atoms with van der Waals surface area (Å²) in [5.74, 6) is 0. The van der Waals surface area contributed by atoms with Crippen molar-refractivity contribution >= 4 is 62.6 Å². The molecule has 0 amide bonds. The summed E-state index contributed by atoms with van der Waals surface area (Å²) in [6.45, 7) is 25.1. The van der Waals surface area contributed by atoms with Crippen LogP contribution in [0.1, 0.15) is 117 Å². The van der Waals surface area contributed by atoms with Gasteiger partial charge in [-0.2, -0.15) is 0 Å². The third-order valence-corrected chi connectivity index (χ3v) is 27.1. The van der Waals surface area contributed by atoms with E-state index in [1.165, 1.54) is 168 Å². The Kier molecular flexibility index (Phi) is 22.1. The van der Waals surface area contributed by atoms with Gasteiger partial charge in [-0.25, -0.2) is 0 Å². The molecule has 0 bridgehead atoms. The molecule has 0 spiro atoms. The van der Waals surface area contributed by atoms with Crippen LogP contribution in [0.15, 0.2) is 437 Å². The Balaban J connectivity index is 0.000000112. The van der Waals surface area contributed by atoms with E-state index in [9.17, 15) is 0 Å². The lowest BCUT2D eigenvalue weighted by Gasteiger charge is -2.28. The molecule has 4 heteroatoms. The molecular formula is C124H108N4.